The molecule has 24 heavy (non-hydrogen) atoms. The molecule has 0 heterocycles. The third-order valence-electron chi connectivity index (χ3n) is 4.33. The van der Waals surface area contributed by atoms with Crippen LogP contribution in [0.2, 0.25) is 0 Å². The standard InChI is InChI=1S/C17H24F2N2O3/c1-11-5-3-4-6-13(11)21-17(22)20-10-12-7-8-14(23-2)15(9-12)24-16(18)19/h7-9,11,13,16H,3-6,10H2,1-2H3,(H2,20,21,22). The Morgan fingerprint density at radius 2 is 2.04 bits per heavy atom. The van der Waals surface area contributed by atoms with Crippen molar-refractivity contribution < 1.29 is 23.0 Å². The molecule has 0 bridgehead atoms. The van der Waals surface area contributed by atoms with E-state index < -0.39 is 6.61 Å². The van der Waals surface area contributed by atoms with Crippen molar-refractivity contribution >= 4 is 6.03 Å². The second-order valence-electron chi connectivity index (χ2n) is 6.06. The molecule has 0 aromatic heterocycles. The van der Waals surface area contributed by atoms with Gasteiger partial charge in [-0.25, -0.2) is 4.79 Å². The average Bonchev–Trinajstić information content (AvgIpc) is 2.55. The second-order valence-corrected chi connectivity index (χ2v) is 6.06. The van der Waals surface area contributed by atoms with Gasteiger partial charge in [-0.1, -0.05) is 25.8 Å². The Morgan fingerprint density at radius 1 is 1.29 bits per heavy atom. The first-order chi connectivity index (χ1) is 11.5. The number of nitrogens with one attached hydrogen (secondary N) is 2. The van der Waals surface area contributed by atoms with Crippen molar-refractivity contribution in [2.75, 3.05) is 7.11 Å². The smallest absolute Gasteiger partial charge is 0.387 e. The van der Waals surface area contributed by atoms with Gasteiger partial charge in [-0.15, -0.1) is 0 Å². The Kier molecular flexibility index (Phi) is 6.63. The lowest BCUT2D eigenvalue weighted by Gasteiger charge is -2.29. The highest BCUT2D eigenvalue weighted by Gasteiger charge is 2.22. The van der Waals surface area contributed by atoms with E-state index in [9.17, 15) is 13.6 Å². The van der Waals surface area contributed by atoms with Crippen molar-refractivity contribution in [3.63, 3.8) is 0 Å². The maximum Gasteiger partial charge on any atom is 0.387 e. The van der Waals surface area contributed by atoms with Crippen LogP contribution in [0.25, 0.3) is 0 Å². The lowest BCUT2D eigenvalue weighted by atomic mass is 9.86. The molecule has 7 heteroatoms. The molecule has 0 saturated heterocycles. The van der Waals surface area contributed by atoms with Gasteiger partial charge in [0.25, 0.3) is 0 Å². The number of hydrogen-bond donors (Lipinski definition) is 2. The highest BCUT2D eigenvalue weighted by atomic mass is 19.3. The third-order valence-corrected chi connectivity index (χ3v) is 4.33. The molecule has 1 aromatic rings. The molecule has 0 radical (unpaired) electrons. The summed E-state index contributed by atoms with van der Waals surface area (Å²) in [4.78, 5) is 12.0. The van der Waals surface area contributed by atoms with Crippen molar-refractivity contribution in [1.29, 1.82) is 0 Å². The zero-order valence-electron chi connectivity index (χ0n) is 14.0. The summed E-state index contributed by atoms with van der Waals surface area (Å²) < 4.78 is 34.3. The van der Waals surface area contributed by atoms with E-state index in [1.165, 1.54) is 25.7 Å². The van der Waals surface area contributed by atoms with Gasteiger partial charge in [0, 0.05) is 12.6 Å². The summed E-state index contributed by atoms with van der Waals surface area (Å²) in [5.74, 6) is 0.643. The number of ether oxygens (including phenoxy) is 2. The Labute approximate surface area is 140 Å². The molecular weight excluding hydrogens is 318 g/mol. The van der Waals surface area contributed by atoms with Crippen LogP contribution in [0.15, 0.2) is 18.2 Å². The third kappa shape index (κ3) is 5.25. The predicted octanol–water partition coefficient (Wildman–Crippen LogP) is 3.67. The van der Waals surface area contributed by atoms with Gasteiger partial charge in [-0.3, -0.25) is 0 Å². The Bertz CT molecular complexity index is 555. The molecular formula is C17H24F2N2O3. The normalized spacial score (nSPS) is 20.5. The van der Waals surface area contributed by atoms with Crippen molar-refractivity contribution in [2.45, 2.75) is 51.8 Å². The van der Waals surface area contributed by atoms with E-state index in [0.29, 0.717) is 11.5 Å². The lowest BCUT2D eigenvalue weighted by molar-refractivity contribution is -0.0512. The molecule has 5 nitrogen and oxygen atoms in total. The number of amides is 2. The van der Waals surface area contributed by atoms with E-state index >= 15 is 0 Å². The van der Waals surface area contributed by atoms with Crippen molar-refractivity contribution in [2.24, 2.45) is 5.92 Å². The highest BCUT2D eigenvalue weighted by molar-refractivity contribution is 5.74. The largest absolute Gasteiger partial charge is 0.493 e. The lowest BCUT2D eigenvalue weighted by Crippen LogP contribution is -2.45. The first-order valence-corrected chi connectivity index (χ1v) is 8.15. The van der Waals surface area contributed by atoms with Crippen LogP contribution >= 0.6 is 0 Å². The first-order valence-electron chi connectivity index (χ1n) is 8.15. The number of methoxy groups -OCH3 is 1. The molecule has 1 aliphatic carbocycles. The van der Waals surface area contributed by atoms with E-state index in [0.717, 1.165) is 19.3 Å². The molecule has 0 aliphatic heterocycles. The van der Waals surface area contributed by atoms with Crippen LogP contribution in [0.3, 0.4) is 0 Å². The fourth-order valence-corrected chi connectivity index (χ4v) is 2.95. The number of urea groups is 1. The first kappa shape index (κ1) is 18.3. The van der Waals surface area contributed by atoms with Crippen LogP contribution < -0.4 is 20.1 Å². The monoisotopic (exact) mass is 342 g/mol. The van der Waals surface area contributed by atoms with E-state index in [2.05, 4.69) is 22.3 Å². The van der Waals surface area contributed by atoms with E-state index in [1.807, 2.05) is 0 Å². The highest BCUT2D eigenvalue weighted by Crippen LogP contribution is 2.29. The zero-order chi connectivity index (χ0) is 17.5. The quantitative estimate of drug-likeness (QED) is 0.829. The fourth-order valence-electron chi connectivity index (χ4n) is 2.95. The van der Waals surface area contributed by atoms with E-state index in [1.54, 1.807) is 6.07 Å². The molecule has 1 aliphatic rings. The Balaban J connectivity index is 1.89. The van der Waals surface area contributed by atoms with E-state index in [-0.39, 0.29) is 30.1 Å². The van der Waals surface area contributed by atoms with Gasteiger partial charge in [-0.05, 0) is 36.5 Å². The SMILES string of the molecule is COc1ccc(CNC(=O)NC2CCCCC2C)cc1OC(F)F. The zero-order valence-corrected chi connectivity index (χ0v) is 14.0. The van der Waals surface area contributed by atoms with Crippen LogP contribution in [0, 0.1) is 5.92 Å². The minimum absolute atomic E-state index is 0.0480. The number of halogens is 2. The number of carbonyl (C=O) groups is 1. The molecule has 2 unspecified atom stereocenters. The van der Waals surface area contributed by atoms with Crippen molar-refractivity contribution in [1.82, 2.24) is 10.6 Å². The van der Waals surface area contributed by atoms with Gasteiger partial charge in [0.2, 0.25) is 0 Å². The maximum absolute atomic E-state index is 12.4. The minimum Gasteiger partial charge on any atom is -0.493 e. The van der Waals surface area contributed by atoms with Crippen LogP contribution in [-0.4, -0.2) is 25.8 Å². The van der Waals surface area contributed by atoms with Gasteiger partial charge in [0.15, 0.2) is 11.5 Å². The van der Waals surface area contributed by atoms with Crippen LogP contribution in [-0.2, 0) is 6.54 Å². The number of rotatable bonds is 6. The summed E-state index contributed by atoms with van der Waals surface area (Å²) in [7, 11) is 1.38. The van der Waals surface area contributed by atoms with Crippen LogP contribution in [0.1, 0.15) is 38.2 Å². The number of hydrogen-bond acceptors (Lipinski definition) is 3. The molecule has 2 amide bonds. The maximum atomic E-state index is 12.4. The molecule has 1 aromatic carbocycles. The molecule has 2 atom stereocenters. The number of carbonyl (C=O) groups excluding carboxylic acids is 1. The number of benzene rings is 1. The predicted molar refractivity (Wildman–Crippen MR) is 86.4 cm³/mol. The summed E-state index contributed by atoms with van der Waals surface area (Å²) in [6.07, 6.45) is 4.45. The van der Waals surface area contributed by atoms with E-state index in [4.69, 9.17) is 4.74 Å². The molecule has 0 spiro atoms. The fraction of sp³-hybridized carbons (Fsp3) is 0.588. The summed E-state index contributed by atoms with van der Waals surface area (Å²) in [5, 5.41) is 5.73. The van der Waals surface area contributed by atoms with Crippen molar-refractivity contribution in [3.8, 4) is 11.5 Å². The summed E-state index contributed by atoms with van der Waals surface area (Å²) in [5.41, 5.74) is 0.651. The number of alkyl halides is 2. The van der Waals surface area contributed by atoms with Gasteiger partial charge in [-0.2, -0.15) is 8.78 Å². The summed E-state index contributed by atoms with van der Waals surface area (Å²) >= 11 is 0. The topological polar surface area (TPSA) is 59.6 Å². The molecule has 134 valence electrons. The molecule has 1 fully saturated rings. The van der Waals surface area contributed by atoms with Crippen molar-refractivity contribution in [3.05, 3.63) is 23.8 Å². The van der Waals surface area contributed by atoms with Gasteiger partial charge >= 0.3 is 12.6 Å². The minimum atomic E-state index is -2.93. The summed E-state index contributed by atoms with van der Waals surface area (Å²) in [6.45, 7) is -0.573. The van der Waals surface area contributed by atoms with Crippen LogP contribution in [0.5, 0.6) is 11.5 Å². The van der Waals surface area contributed by atoms with Gasteiger partial charge in [0.1, 0.15) is 0 Å². The molecule has 2 rings (SSSR count). The Hall–Kier alpha value is -2.05. The van der Waals surface area contributed by atoms with Gasteiger partial charge < -0.3 is 20.1 Å². The Morgan fingerprint density at radius 3 is 2.71 bits per heavy atom. The molecule has 2 N–H and O–H groups in total. The summed E-state index contributed by atoms with van der Waals surface area (Å²) in [6, 6.07) is 4.61. The second kappa shape index (κ2) is 8.70. The molecule has 1 saturated carbocycles. The van der Waals surface area contributed by atoms with Gasteiger partial charge in [0.05, 0.1) is 7.11 Å². The average molecular weight is 342 g/mol. The van der Waals surface area contributed by atoms with Crippen LogP contribution in [0.4, 0.5) is 13.6 Å².